The van der Waals surface area contributed by atoms with E-state index >= 15 is 0 Å². The number of imidazole rings is 1. The number of aromatic nitrogens is 2. The van der Waals surface area contributed by atoms with E-state index in [9.17, 15) is 0 Å². The molecule has 1 aromatic carbocycles. The van der Waals surface area contributed by atoms with Gasteiger partial charge >= 0.3 is 0 Å². The lowest BCUT2D eigenvalue weighted by atomic mass is 10.1. The SMILES string of the molecule is Cn1cnc(-c2ccoc2-c2ccccc2)c1. The van der Waals surface area contributed by atoms with Crippen LogP contribution in [0, 0.1) is 0 Å². The second kappa shape index (κ2) is 3.94. The third kappa shape index (κ3) is 1.76. The van der Waals surface area contributed by atoms with Crippen molar-refractivity contribution >= 4 is 0 Å². The number of hydrogen-bond acceptors (Lipinski definition) is 2. The molecule has 3 rings (SSSR count). The van der Waals surface area contributed by atoms with Crippen LogP contribution in [0.3, 0.4) is 0 Å². The van der Waals surface area contributed by atoms with E-state index in [1.807, 2.05) is 54.2 Å². The summed E-state index contributed by atoms with van der Waals surface area (Å²) in [6.07, 6.45) is 5.47. The van der Waals surface area contributed by atoms with Crippen LogP contribution in [0.1, 0.15) is 0 Å². The zero-order valence-corrected chi connectivity index (χ0v) is 9.50. The van der Waals surface area contributed by atoms with Gasteiger partial charge < -0.3 is 8.98 Å². The summed E-state index contributed by atoms with van der Waals surface area (Å²) >= 11 is 0. The van der Waals surface area contributed by atoms with Gasteiger partial charge in [-0.1, -0.05) is 30.3 Å². The fourth-order valence-corrected chi connectivity index (χ4v) is 1.88. The summed E-state index contributed by atoms with van der Waals surface area (Å²) < 4.78 is 7.49. The Labute approximate surface area is 99.3 Å². The highest BCUT2D eigenvalue weighted by molar-refractivity contribution is 5.77. The minimum absolute atomic E-state index is 0.865. The van der Waals surface area contributed by atoms with E-state index in [1.165, 1.54) is 0 Å². The molecule has 3 aromatic rings. The fourth-order valence-electron chi connectivity index (χ4n) is 1.88. The zero-order valence-electron chi connectivity index (χ0n) is 9.50. The van der Waals surface area contributed by atoms with Crippen molar-refractivity contribution in [2.24, 2.45) is 7.05 Å². The number of hydrogen-bond donors (Lipinski definition) is 0. The van der Waals surface area contributed by atoms with Crippen LogP contribution in [0.2, 0.25) is 0 Å². The topological polar surface area (TPSA) is 31.0 Å². The third-order valence-corrected chi connectivity index (χ3v) is 2.68. The molecule has 2 aromatic heterocycles. The van der Waals surface area contributed by atoms with Crippen LogP contribution >= 0.6 is 0 Å². The third-order valence-electron chi connectivity index (χ3n) is 2.68. The largest absolute Gasteiger partial charge is 0.464 e. The van der Waals surface area contributed by atoms with Crippen molar-refractivity contribution in [1.82, 2.24) is 9.55 Å². The number of benzene rings is 1. The lowest BCUT2D eigenvalue weighted by Gasteiger charge is -1.99. The van der Waals surface area contributed by atoms with Gasteiger partial charge in [0.25, 0.3) is 0 Å². The molecule has 0 N–H and O–H groups in total. The van der Waals surface area contributed by atoms with Crippen molar-refractivity contribution in [2.75, 3.05) is 0 Å². The molecular weight excluding hydrogens is 212 g/mol. The molecule has 0 saturated heterocycles. The normalized spacial score (nSPS) is 10.6. The molecule has 0 unspecified atom stereocenters. The molecule has 84 valence electrons. The van der Waals surface area contributed by atoms with Crippen molar-refractivity contribution in [3.05, 3.63) is 55.2 Å². The Morgan fingerprint density at radius 3 is 2.65 bits per heavy atom. The molecule has 0 aliphatic heterocycles. The molecule has 0 spiro atoms. The van der Waals surface area contributed by atoms with Gasteiger partial charge in [-0.05, 0) is 6.07 Å². The van der Waals surface area contributed by atoms with E-state index in [0.717, 1.165) is 22.6 Å². The van der Waals surface area contributed by atoms with Crippen LogP contribution in [-0.4, -0.2) is 9.55 Å². The Balaban J connectivity index is 2.12. The number of rotatable bonds is 2. The maximum absolute atomic E-state index is 5.57. The first-order chi connectivity index (χ1) is 8.34. The van der Waals surface area contributed by atoms with E-state index in [-0.39, 0.29) is 0 Å². The zero-order chi connectivity index (χ0) is 11.7. The van der Waals surface area contributed by atoms with Crippen molar-refractivity contribution in [3.63, 3.8) is 0 Å². The predicted molar refractivity (Wildman–Crippen MR) is 66.3 cm³/mol. The Bertz CT molecular complexity index is 622. The van der Waals surface area contributed by atoms with Gasteiger partial charge in [0.05, 0.1) is 18.3 Å². The van der Waals surface area contributed by atoms with Gasteiger partial charge in [0.15, 0.2) is 0 Å². The van der Waals surface area contributed by atoms with Crippen LogP contribution in [-0.2, 0) is 7.05 Å². The van der Waals surface area contributed by atoms with Crippen LogP contribution in [0.5, 0.6) is 0 Å². The minimum atomic E-state index is 0.865. The first-order valence-electron chi connectivity index (χ1n) is 5.46. The van der Waals surface area contributed by atoms with E-state index in [0.29, 0.717) is 0 Å². The highest BCUT2D eigenvalue weighted by atomic mass is 16.3. The maximum atomic E-state index is 5.57. The van der Waals surface area contributed by atoms with Crippen molar-refractivity contribution in [2.45, 2.75) is 0 Å². The lowest BCUT2D eigenvalue weighted by Crippen LogP contribution is -1.80. The average Bonchev–Trinajstić information content (AvgIpc) is 2.98. The molecule has 0 amide bonds. The van der Waals surface area contributed by atoms with Gasteiger partial charge in [0.1, 0.15) is 5.76 Å². The molecular formula is C14H12N2O. The minimum Gasteiger partial charge on any atom is -0.464 e. The van der Waals surface area contributed by atoms with Gasteiger partial charge in [-0.15, -0.1) is 0 Å². The Kier molecular flexibility index (Phi) is 2.29. The molecule has 0 bridgehead atoms. The van der Waals surface area contributed by atoms with Gasteiger partial charge in [-0.3, -0.25) is 0 Å². The summed E-state index contributed by atoms with van der Waals surface area (Å²) in [6.45, 7) is 0. The van der Waals surface area contributed by atoms with E-state index in [2.05, 4.69) is 4.98 Å². The second-order valence-corrected chi connectivity index (χ2v) is 3.95. The molecule has 0 saturated carbocycles. The van der Waals surface area contributed by atoms with Crippen LogP contribution in [0.25, 0.3) is 22.6 Å². The van der Waals surface area contributed by atoms with Crippen molar-refractivity contribution < 1.29 is 4.42 Å². The van der Waals surface area contributed by atoms with Crippen molar-refractivity contribution in [1.29, 1.82) is 0 Å². The molecule has 17 heavy (non-hydrogen) atoms. The molecule has 0 atom stereocenters. The van der Waals surface area contributed by atoms with Crippen LogP contribution in [0.4, 0.5) is 0 Å². The van der Waals surface area contributed by atoms with Gasteiger partial charge in [0.2, 0.25) is 0 Å². The smallest absolute Gasteiger partial charge is 0.143 e. The fraction of sp³-hybridized carbons (Fsp3) is 0.0714. The first kappa shape index (κ1) is 9.90. The summed E-state index contributed by atoms with van der Waals surface area (Å²) in [7, 11) is 1.96. The van der Waals surface area contributed by atoms with Crippen LogP contribution in [0.15, 0.2) is 59.6 Å². The standard InChI is InChI=1S/C14H12N2O/c1-16-9-13(15-10-16)12-7-8-17-14(12)11-5-3-2-4-6-11/h2-10H,1H3. The van der Waals surface area contributed by atoms with Gasteiger partial charge in [-0.2, -0.15) is 0 Å². The lowest BCUT2D eigenvalue weighted by molar-refractivity contribution is 0.583. The Hall–Kier alpha value is -2.29. The molecule has 0 aliphatic carbocycles. The number of aryl methyl sites for hydroxylation is 1. The van der Waals surface area contributed by atoms with E-state index in [1.54, 1.807) is 12.6 Å². The quantitative estimate of drug-likeness (QED) is 0.668. The monoisotopic (exact) mass is 224 g/mol. The Morgan fingerprint density at radius 1 is 1.12 bits per heavy atom. The Morgan fingerprint density at radius 2 is 1.94 bits per heavy atom. The highest BCUT2D eigenvalue weighted by Crippen LogP contribution is 2.31. The molecule has 0 fully saturated rings. The summed E-state index contributed by atoms with van der Waals surface area (Å²) in [5.41, 5.74) is 3.02. The molecule has 3 nitrogen and oxygen atoms in total. The van der Waals surface area contributed by atoms with Gasteiger partial charge in [0, 0.05) is 24.4 Å². The van der Waals surface area contributed by atoms with Gasteiger partial charge in [-0.25, -0.2) is 4.98 Å². The highest BCUT2D eigenvalue weighted by Gasteiger charge is 2.12. The summed E-state index contributed by atoms with van der Waals surface area (Å²) in [6, 6.07) is 12.0. The predicted octanol–water partition coefficient (Wildman–Crippen LogP) is 3.35. The first-order valence-corrected chi connectivity index (χ1v) is 5.46. The summed E-state index contributed by atoms with van der Waals surface area (Å²) in [5, 5.41) is 0. The molecule has 0 aliphatic rings. The second-order valence-electron chi connectivity index (χ2n) is 3.95. The van der Waals surface area contributed by atoms with Crippen molar-refractivity contribution in [3.8, 4) is 22.6 Å². The summed E-state index contributed by atoms with van der Waals surface area (Å²) in [5.74, 6) is 0.865. The number of furan rings is 1. The van der Waals surface area contributed by atoms with E-state index < -0.39 is 0 Å². The van der Waals surface area contributed by atoms with Crippen LogP contribution < -0.4 is 0 Å². The van der Waals surface area contributed by atoms with E-state index in [4.69, 9.17) is 4.42 Å². The molecule has 0 radical (unpaired) electrons. The summed E-state index contributed by atoms with van der Waals surface area (Å²) in [4.78, 5) is 4.35. The molecule has 3 heteroatoms. The average molecular weight is 224 g/mol. The molecule has 2 heterocycles. The number of nitrogens with zero attached hydrogens (tertiary/aromatic N) is 2. The maximum Gasteiger partial charge on any atom is 0.143 e.